The lowest BCUT2D eigenvalue weighted by Crippen LogP contribution is -2.39. The summed E-state index contributed by atoms with van der Waals surface area (Å²) in [6.07, 6.45) is 15.1. The summed E-state index contributed by atoms with van der Waals surface area (Å²) in [5, 5.41) is 3.40. The van der Waals surface area contributed by atoms with Gasteiger partial charge >= 0.3 is 5.97 Å². The lowest BCUT2D eigenvalue weighted by molar-refractivity contribution is 0.0703. The van der Waals surface area contributed by atoms with E-state index in [1.165, 1.54) is 38.5 Å². The average molecular weight is 329 g/mol. The van der Waals surface area contributed by atoms with Gasteiger partial charge in [-0.05, 0) is 37.8 Å². The number of amidine groups is 1. The van der Waals surface area contributed by atoms with Crippen LogP contribution in [-0.2, 0) is 4.74 Å². The summed E-state index contributed by atoms with van der Waals surface area (Å²) in [7, 11) is 0. The molecule has 130 valence electrons. The summed E-state index contributed by atoms with van der Waals surface area (Å²) in [4.78, 5) is 21.1. The fourth-order valence-electron chi connectivity index (χ4n) is 3.53. The van der Waals surface area contributed by atoms with Gasteiger partial charge in [0.05, 0.1) is 11.6 Å². The van der Waals surface area contributed by atoms with Gasteiger partial charge in [0, 0.05) is 18.4 Å². The summed E-state index contributed by atoms with van der Waals surface area (Å²) >= 11 is 0. The Morgan fingerprint density at radius 2 is 1.62 bits per heavy atom. The van der Waals surface area contributed by atoms with E-state index in [4.69, 9.17) is 9.73 Å². The third-order valence-electron chi connectivity index (χ3n) is 4.91. The molecule has 1 N–H and O–H groups in total. The van der Waals surface area contributed by atoms with E-state index < -0.39 is 0 Å². The normalized spacial score (nSPS) is 20.6. The van der Waals surface area contributed by atoms with Gasteiger partial charge in [-0.3, -0.25) is 4.98 Å². The van der Waals surface area contributed by atoms with Crippen molar-refractivity contribution in [3.8, 4) is 0 Å². The minimum Gasteiger partial charge on any atom is -0.389 e. The molecule has 5 nitrogen and oxygen atoms in total. The van der Waals surface area contributed by atoms with Gasteiger partial charge in [0.15, 0.2) is 0 Å². The number of ether oxygens (including phenoxy) is 1. The molecule has 2 aliphatic rings. The molecular formula is C19H27N3O2. The Labute approximate surface area is 143 Å². The first-order chi connectivity index (χ1) is 11.8. The lowest BCUT2D eigenvalue weighted by Gasteiger charge is -2.25. The first kappa shape index (κ1) is 16.9. The quantitative estimate of drug-likeness (QED) is 0.520. The Morgan fingerprint density at radius 1 is 1.00 bits per heavy atom. The highest BCUT2D eigenvalue weighted by molar-refractivity contribution is 5.97. The maximum Gasteiger partial charge on any atom is 0.346 e. The molecule has 0 aliphatic heterocycles. The molecular weight excluding hydrogens is 302 g/mol. The summed E-state index contributed by atoms with van der Waals surface area (Å²) < 4.78 is 5.61. The van der Waals surface area contributed by atoms with Crippen molar-refractivity contribution in [1.82, 2.24) is 10.3 Å². The van der Waals surface area contributed by atoms with Gasteiger partial charge in [0.2, 0.25) is 0 Å². The number of nitrogens with one attached hydrogen (secondary N) is 1. The topological polar surface area (TPSA) is 63.6 Å². The van der Waals surface area contributed by atoms with Crippen LogP contribution in [0.25, 0.3) is 0 Å². The molecule has 3 rings (SSSR count). The van der Waals surface area contributed by atoms with Crippen LogP contribution in [0, 0.1) is 0 Å². The molecule has 0 radical (unpaired) electrons. The van der Waals surface area contributed by atoms with Gasteiger partial charge in [0.1, 0.15) is 0 Å². The van der Waals surface area contributed by atoms with Crippen LogP contribution < -0.4 is 5.32 Å². The van der Waals surface area contributed by atoms with Gasteiger partial charge in [-0.1, -0.05) is 38.5 Å². The van der Waals surface area contributed by atoms with Crippen LogP contribution in [-0.4, -0.2) is 29.1 Å². The second-order valence-electron chi connectivity index (χ2n) is 6.83. The zero-order valence-electron chi connectivity index (χ0n) is 14.2. The second kappa shape index (κ2) is 8.81. The summed E-state index contributed by atoms with van der Waals surface area (Å²) in [6.45, 7) is 0. The molecule has 0 amide bonds. The van der Waals surface area contributed by atoms with E-state index in [9.17, 15) is 4.79 Å². The number of rotatable bonds is 3. The summed E-state index contributed by atoms with van der Waals surface area (Å²) in [5.74, 6) is -0.365. The molecule has 0 bridgehead atoms. The van der Waals surface area contributed by atoms with Crippen LogP contribution in [0.1, 0.15) is 74.6 Å². The number of aliphatic imine (C=N–C) groups is 1. The molecule has 1 aromatic rings. The van der Waals surface area contributed by atoms with E-state index >= 15 is 0 Å². The highest BCUT2D eigenvalue weighted by atomic mass is 16.6. The molecule has 0 atom stereocenters. The number of hydrogen-bond donors (Lipinski definition) is 1. The third kappa shape index (κ3) is 5.05. The first-order valence-electron chi connectivity index (χ1n) is 9.28. The fraction of sp³-hybridized carbons (Fsp3) is 0.632. The molecule has 1 heterocycles. The smallest absolute Gasteiger partial charge is 0.346 e. The standard InChI is InChI=1S/C19H27N3O2/c23-18(15-11-13-20-14-12-15)24-19(21-16-7-3-1-4-8-16)22-17-9-5-2-6-10-17/h11-14,16-17H,1-10H2,(H,21,22). The largest absolute Gasteiger partial charge is 0.389 e. The highest BCUT2D eigenvalue weighted by Gasteiger charge is 2.20. The van der Waals surface area contributed by atoms with Crippen LogP contribution >= 0.6 is 0 Å². The average Bonchev–Trinajstić information content (AvgIpc) is 2.64. The predicted octanol–water partition coefficient (Wildman–Crippen LogP) is 3.85. The Kier molecular flexibility index (Phi) is 6.21. The molecule has 2 saturated carbocycles. The predicted molar refractivity (Wildman–Crippen MR) is 94.0 cm³/mol. The van der Waals surface area contributed by atoms with E-state index in [0.717, 1.165) is 25.7 Å². The van der Waals surface area contributed by atoms with Crippen molar-refractivity contribution in [3.05, 3.63) is 30.1 Å². The molecule has 2 fully saturated rings. The van der Waals surface area contributed by atoms with Crippen LogP contribution in [0.5, 0.6) is 0 Å². The molecule has 5 heteroatoms. The van der Waals surface area contributed by atoms with Crippen molar-refractivity contribution < 1.29 is 9.53 Å². The monoisotopic (exact) mass is 329 g/mol. The number of carbonyl (C=O) groups excluding carboxylic acids is 1. The van der Waals surface area contributed by atoms with Crippen LogP contribution in [0.15, 0.2) is 29.5 Å². The van der Waals surface area contributed by atoms with E-state index in [1.54, 1.807) is 24.5 Å². The zero-order valence-corrected chi connectivity index (χ0v) is 14.2. The van der Waals surface area contributed by atoms with Crippen molar-refractivity contribution in [2.24, 2.45) is 4.99 Å². The van der Waals surface area contributed by atoms with Gasteiger partial charge in [-0.15, -0.1) is 0 Å². The van der Waals surface area contributed by atoms with E-state index in [-0.39, 0.29) is 12.0 Å². The molecule has 0 saturated heterocycles. The SMILES string of the molecule is O=C(OC(=NC1CCCCC1)NC1CCCCC1)c1ccncc1. The Morgan fingerprint density at radius 3 is 2.29 bits per heavy atom. The molecule has 24 heavy (non-hydrogen) atoms. The van der Waals surface area contributed by atoms with Crippen LogP contribution in [0.4, 0.5) is 0 Å². The van der Waals surface area contributed by atoms with Gasteiger partial charge < -0.3 is 10.1 Å². The van der Waals surface area contributed by atoms with Crippen molar-refractivity contribution in [3.63, 3.8) is 0 Å². The minimum absolute atomic E-state index is 0.273. The maximum absolute atomic E-state index is 12.4. The Balaban J connectivity index is 1.68. The Bertz CT molecular complexity index is 547. The van der Waals surface area contributed by atoms with Gasteiger partial charge in [-0.2, -0.15) is 0 Å². The summed E-state index contributed by atoms with van der Waals surface area (Å²) in [5.41, 5.74) is 0.506. The van der Waals surface area contributed by atoms with Gasteiger partial charge in [0.25, 0.3) is 6.02 Å². The van der Waals surface area contributed by atoms with Crippen molar-refractivity contribution >= 4 is 12.0 Å². The number of esters is 1. The highest BCUT2D eigenvalue weighted by Crippen LogP contribution is 2.21. The zero-order chi connectivity index (χ0) is 16.6. The molecule has 0 unspecified atom stereocenters. The number of aromatic nitrogens is 1. The minimum atomic E-state index is -0.365. The lowest BCUT2D eigenvalue weighted by atomic mass is 9.95. The number of hydrogen-bond acceptors (Lipinski definition) is 4. The Hall–Kier alpha value is -1.91. The maximum atomic E-state index is 12.4. The van der Waals surface area contributed by atoms with E-state index in [2.05, 4.69) is 10.3 Å². The molecule has 0 aromatic carbocycles. The molecule has 0 spiro atoms. The fourth-order valence-corrected chi connectivity index (χ4v) is 3.53. The van der Waals surface area contributed by atoms with Crippen molar-refractivity contribution in [2.45, 2.75) is 76.3 Å². The third-order valence-corrected chi connectivity index (χ3v) is 4.91. The van der Waals surface area contributed by atoms with Crippen LogP contribution in [0.3, 0.4) is 0 Å². The molecule has 2 aliphatic carbocycles. The number of nitrogens with zero attached hydrogens (tertiary/aromatic N) is 2. The molecule has 1 aromatic heterocycles. The van der Waals surface area contributed by atoms with Crippen molar-refractivity contribution in [2.75, 3.05) is 0 Å². The summed E-state index contributed by atoms with van der Waals surface area (Å²) in [6, 6.07) is 4.39. The van der Waals surface area contributed by atoms with Gasteiger partial charge in [-0.25, -0.2) is 9.79 Å². The van der Waals surface area contributed by atoms with Crippen LogP contribution in [0.2, 0.25) is 0 Å². The van der Waals surface area contributed by atoms with E-state index in [1.807, 2.05) is 0 Å². The van der Waals surface area contributed by atoms with Crippen molar-refractivity contribution in [1.29, 1.82) is 0 Å². The number of pyridine rings is 1. The second-order valence-corrected chi connectivity index (χ2v) is 6.83. The number of carbonyl (C=O) groups is 1. The van der Waals surface area contributed by atoms with E-state index in [0.29, 0.717) is 17.6 Å². The first-order valence-corrected chi connectivity index (χ1v) is 9.28.